The summed E-state index contributed by atoms with van der Waals surface area (Å²) in [6.07, 6.45) is 1.20. The highest BCUT2D eigenvalue weighted by molar-refractivity contribution is 6.32. The predicted molar refractivity (Wildman–Crippen MR) is 57.6 cm³/mol. The molecular weight excluding hydrogens is 198 g/mol. The van der Waals surface area contributed by atoms with E-state index in [0.29, 0.717) is 16.9 Å². The SMILES string of the molecule is NCC1CC1COc1ccccc1Cl. The number of hydrogen-bond acceptors (Lipinski definition) is 2. The van der Waals surface area contributed by atoms with E-state index in [1.165, 1.54) is 6.42 Å². The average Bonchev–Trinajstić information content (AvgIpc) is 2.95. The van der Waals surface area contributed by atoms with Gasteiger partial charge in [-0.1, -0.05) is 23.7 Å². The first-order chi connectivity index (χ1) is 6.81. The molecule has 76 valence electrons. The standard InChI is InChI=1S/C11H14ClNO/c12-10-3-1-2-4-11(10)14-7-9-5-8(9)6-13/h1-4,8-9H,5-7,13H2. The van der Waals surface area contributed by atoms with Gasteiger partial charge in [-0.3, -0.25) is 0 Å². The van der Waals surface area contributed by atoms with Gasteiger partial charge in [0.15, 0.2) is 0 Å². The third-order valence-electron chi connectivity index (χ3n) is 2.66. The number of nitrogens with two attached hydrogens (primary N) is 1. The Labute approximate surface area is 89.0 Å². The molecule has 0 radical (unpaired) electrons. The normalized spacial score (nSPS) is 24.7. The van der Waals surface area contributed by atoms with Crippen molar-refractivity contribution in [2.45, 2.75) is 6.42 Å². The molecule has 1 saturated carbocycles. The number of para-hydroxylation sites is 1. The van der Waals surface area contributed by atoms with Gasteiger partial charge in [-0.2, -0.15) is 0 Å². The van der Waals surface area contributed by atoms with Crippen molar-refractivity contribution in [2.24, 2.45) is 17.6 Å². The summed E-state index contributed by atoms with van der Waals surface area (Å²) in [4.78, 5) is 0. The maximum Gasteiger partial charge on any atom is 0.137 e. The van der Waals surface area contributed by atoms with Gasteiger partial charge in [0, 0.05) is 0 Å². The molecule has 1 aromatic rings. The van der Waals surface area contributed by atoms with Crippen molar-refractivity contribution in [1.29, 1.82) is 0 Å². The van der Waals surface area contributed by atoms with Crippen molar-refractivity contribution in [3.8, 4) is 5.75 Å². The molecule has 2 nitrogen and oxygen atoms in total. The van der Waals surface area contributed by atoms with E-state index in [4.69, 9.17) is 22.1 Å². The average molecular weight is 212 g/mol. The van der Waals surface area contributed by atoms with E-state index in [0.717, 1.165) is 18.9 Å². The molecule has 0 saturated heterocycles. The van der Waals surface area contributed by atoms with Crippen LogP contribution in [0.2, 0.25) is 5.02 Å². The van der Waals surface area contributed by atoms with Crippen LogP contribution in [0.3, 0.4) is 0 Å². The number of hydrogen-bond donors (Lipinski definition) is 1. The van der Waals surface area contributed by atoms with Crippen LogP contribution in [-0.2, 0) is 0 Å². The Morgan fingerprint density at radius 3 is 2.79 bits per heavy atom. The molecule has 2 unspecified atom stereocenters. The molecule has 0 amide bonds. The second kappa shape index (κ2) is 4.20. The summed E-state index contributed by atoms with van der Waals surface area (Å²) in [6, 6.07) is 7.55. The summed E-state index contributed by atoms with van der Waals surface area (Å²) in [6.45, 7) is 1.52. The van der Waals surface area contributed by atoms with Crippen molar-refractivity contribution >= 4 is 11.6 Å². The highest BCUT2D eigenvalue weighted by Crippen LogP contribution is 2.38. The van der Waals surface area contributed by atoms with E-state index in [2.05, 4.69) is 0 Å². The van der Waals surface area contributed by atoms with Crippen LogP contribution in [0.5, 0.6) is 5.75 Å². The van der Waals surface area contributed by atoms with Gasteiger partial charge in [0.2, 0.25) is 0 Å². The summed E-state index contributed by atoms with van der Waals surface area (Å²) in [7, 11) is 0. The summed E-state index contributed by atoms with van der Waals surface area (Å²) >= 11 is 5.95. The van der Waals surface area contributed by atoms with Crippen molar-refractivity contribution in [1.82, 2.24) is 0 Å². The number of rotatable bonds is 4. The molecule has 1 aliphatic carbocycles. The van der Waals surface area contributed by atoms with Crippen LogP contribution in [0.15, 0.2) is 24.3 Å². The van der Waals surface area contributed by atoms with E-state index < -0.39 is 0 Å². The quantitative estimate of drug-likeness (QED) is 0.830. The molecule has 2 N–H and O–H groups in total. The van der Waals surface area contributed by atoms with Crippen molar-refractivity contribution in [2.75, 3.05) is 13.2 Å². The highest BCUT2D eigenvalue weighted by atomic mass is 35.5. The second-order valence-corrected chi connectivity index (χ2v) is 4.14. The zero-order valence-electron chi connectivity index (χ0n) is 7.95. The Morgan fingerprint density at radius 1 is 1.36 bits per heavy atom. The third-order valence-corrected chi connectivity index (χ3v) is 2.97. The Morgan fingerprint density at radius 2 is 2.14 bits per heavy atom. The van der Waals surface area contributed by atoms with E-state index in [9.17, 15) is 0 Å². The smallest absolute Gasteiger partial charge is 0.137 e. The molecule has 1 fully saturated rings. The Hall–Kier alpha value is -0.730. The van der Waals surface area contributed by atoms with E-state index in [1.54, 1.807) is 0 Å². The first-order valence-corrected chi connectivity index (χ1v) is 5.26. The molecule has 0 heterocycles. The molecule has 2 atom stereocenters. The fourth-order valence-corrected chi connectivity index (χ4v) is 1.75. The molecular formula is C11H14ClNO. The molecule has 14 heavy (non-hydrogen) atoms. The molecule has 2 rings (SSSR count). The van der Waals surface area contributed by atoms with E-state index >= 15 is 0 Å². The predicted octanol–water partition coefficient (Wildman–Crippen LogP) is 2.31. The molecule has 0 spiro atoms. The lowest BCUT2D eigenvalue weighted by molar-refractivity contribution is 0.292. The fraction of sp³-hybridized carbons (Fsp3) is 0.455. The number of halogens is 1. The summed E-state index contributed by atoms with van der Waals surface area (Å²) in [5, 5.41) is 0.678. The highest BCUT2D eigenvalue weighted by Gasteiger charge is 2.36. The van der Waals surface area contributed by atoms with Crippen LogP contribution in [0.4, 0.5) is 0 Å². The first-order valence-electron chi connectivity index (χ1n) is 4.88. The minimum Gasteiger partial charge on any atom is -0.492 e. The maximum atomic E-state index is 5.95. The Balaban J connectivity index is 1.84. The lowest BCUT2D eigenvalue weighted by atomic mass is 10.3. The van der Waals surface area contributed by atoms with Gasteiger partial charge in [-0.15, -0.1) is 0 Å². The van der Waals surface area contributed by atoms with Gasteiger partial charge in [-0.05, 0) is 36.9 Å². The minimum absolute atomic E-state index is 0.635. The van der Waals surface area contributed by atoms with Crippen molar-refractivity contribution in [3.63, 3.8) is 0 Å². The number of benzene rings is 1. The molecule has 1 aliphatic rings. The molecule has 3 heteroatoms. The monoisotopic (exact) mass is 211 g/mol. The summed E-state index contributed by atoms with van der Waals surface area (Å²) in [5.41, 5.74) is 5.54. The van der Waals surface area contributed by atoms with Crippen molar-refractivity contribution in [3.05, 3.63) is 29.3 Å². The van der Waals surface area contributed by atoms with Crippen LogP contribution in [0.1, 0.15) is 6.42 Å². The van der Waals surface area contributed by atoms with E-state index in [1.807, 2.05) is 24.3 Å². The first kappa shape index (κ1) is 9.81. The van der Waals surface area contributed by atoms with E-state index in [-0.39, 0.29) is 0 Å². The van der Waals surface area contributed by atoms with Gasteiger partial charge in [0.25, 0.3) is 0 Å². The van der Waals surface area contributed by atoms with Crippen LogP contribution in [0.25, 0.3) is 0 Å². The lowest BCUT2D eigenvalue weighted by Gasteiger charge is -2.06. The summed E-state index contributed by atoms with van der Waals surface area (Å²) in [5.74, 6) is 2.07. The molecule has 0 aliphatic heterocycles. The van der Waals surface area contributed by atoms with Gasteiger partial charge >= 0.3 is 0 Å². The zero-order chi connectivity index (χ0) is 9.97. The summed E-state index contributed by atoms with van der Waals surface area (Å²) < 4.78 is 5.61. The van der Waals surface area contributed by atoms with Gasteiger partial charge in [-0.25, -0.2) is 0 Å². The van der Waals surface area contributed by atoms with Crippen LogP contribution in [0, 0.1) is 11.8 Å². The topological polar surface area (TPSA) is 35.2 Å². The minimum atomic E-state index is 0.635. The van der Waals surface area contributed by atoms with Gasteiger partial charge in [0.05, 0.1) is 11.6 Å². The molecule has 0 bridgehead atoms. The van der Waals surface area contributed by atoms with Gasteiger partial charge in [0.1, 0.15) is 5.75 Å². The van der Waals surface area contributed by atoms with Crippen LogP contribution in [-0.4, -0.2) is 13.2 Å². The maximum absolute atomic E-state index is 5.95. The molecule has 1 aromatic carbocycles. The fourth-order valence-electron chi connectivity index (χ4n) is 1.56. The van der Waals surface area contributed by atoms with Crippen LogP contribution >= 0.6 is 11.6 Å². The largest absolute Gasteiger partial charge is 0.492 e. The lowest BCUT2D eigenvalue weighted by Crippen LogP contribution is -2.07. The Bertz CT molecular complexity index is 316. The zero-order valence-corrected chi connectivity index (χ0v) is 8.70. The number of ether oxygens (including phenoxy) is 1. The third kappa shape index (κ3) is 2.20. The van der Waals surface area contributed by atoms with Crippen LogP contribution < -0.4 is 10.5 Å². The second-order valence-electron chi connectivity index (χ2n) is 3.73. The Kier molecular flexibility index (Phi) is 2.94. The van der Waals surface area contributed by atoms with Crippen molar-refractivity contribution < 1.29 is 4.74 Å². The van der Waals surface area contributed by atoms with Gasteiger partial charge < -0.3 is 10.5 Å². The molecule has 0 aromatic heterocycles.